The molecule has 5 rings (SSSR count). The molecule has 0 amide bonds. The fourth-order valence-electron chi connectivity index (χ4n) is 5.29. The molecule has 0 aliphatic carbocycles. The molecule has 0 saturated carbocycles. The molecule has 0 unspecified atom stereocenters. The zero-order valence-electron chi connectivity index (χ0n) is 26.3. The number of imidazole rings is 1. The number of nitro groups is 1. The number of ether oxygens (including phenoxy) is 2. The largest absolute Gasteiger partial charge is 0.493 e. The number of aromatic nitrogens is 8. The quantitative estimate of drug-likeness (QED) is 0.0606. The number of rotatable bonds is 18. The number of fused-ring (bicyclic) bond motifs is 1. The summed E-state index contributed by atoms with van der Waals surface area (Å²) >= 11 is 0. The Morgan fingerprint density at radius 2 is 1.51 bits per heavy atom. The van der Waals surface area contributed by atoms with Crippen molar-refractivity contribution in [2.24, 2.45) is 0 Å². The van der Waals surface area contributed by atoms with Gasteiger partial charge in [-0.2, -0.15) is 0 Å². The van der Waals surface area contributed by atoms with Crippen LogP contribution in [0, 0.1) is 10.1 Å². The summed E-state index contributed by atoms with van der Waals surface area (Å²) in [5, 5.41) is 28.7. The van der Waals surface area contributed by atoms with Crippen LogP contribution in [0.4, 0.5) is 5.69 Å². The van der Waals surface area contributed by atoms with Crippen molar-refractivity contribution in [3.8, 4) is 22.9 Å². The van der Waals surface area contributed by atoms with Crippen LogP contribution in [0.5, 0.6) is 11.5 Å². The summed E-state index contributed by atoms with van der Waals surface area (Å²) in [6, 6.07) is 10.3. The normalized spacial score (nSPS) is 11.4. The second-order valence-corrected chi connectivity index (χ2v) is 11.2. The maximum Gasteiger partial charge on any atom is 0.271 e. The molecule has 0 fully saturated rings. The van der Waals surface area contributed by atoms with Gasteiger partial charge in [-0.25, -0.2) is 4.98 Å². The van der Waals surface area contributed by atoms with Crippen LogP contribution in [0.25, 0.3) is 22.4 Å². The number of hydrogen-bond donors (Lipinski definition) is 0. The lowest BCUT2D eigenvalue weighted by Crippen LogP contribution is -2.04. The van der Waals surface area contributed by atoms with Gasteiger partial charge in [-0.05, 0) is 37.1 Å². The number of nitro benzene ring substituents is 1. The van der Waals surface area contributed by atoms with E-state index in [4.69, 9.17) is 14.5 Å². The molecule has 3 heterocycles. The van der Waals surface area contributed by atoms with E-state index in [0.29, 0.717) is 29.4 Å². The van der Waals surface area contributed by atoms with E-state index in [2.05, 4.69) is 34.5 Å². The smallest absolute Gasteiger partial charge is 0.271 e. The third-order valence-electron chi connectivity index (χ3n) is 7.71. The molecular weight excluding hydrogens is 574 g/mol. The van der Waals surface area contributed by atoms with Crippen LogP contribution < -0.4 is 9.47 Å². The van der Waals surface area contributed by atoms with E-state index in [1.807, 2.05) is 44.5 Å². The van der Waals surface area contributed by atoms with Gasteiger partial charge in [0.15, 0.2) is 11.5 Å². The minimum absolute atomic E-state index is 0.0176. The molecule has 0 spiro atoms. The van der Waals surface area contributed by atoms with Crippen LogP contribution in [0.2, 0.25) is 0 Å². The van der Waals surface area contributed by atoms with Crippen molar-refractivity contribution >= 4 is 16.7 Å². The minimum atomic E-state index is -0.414. The Balaban J connectivity index is 1.37. The molecule has 0 bridgehead atoms. The van der Waals surface area contributed by atoms with Gasteiger partial charge in [0, 0.05) is 30.8 Å². The highest BCUT2D eigenvalue weighted by atomic mass is 16.6. The van der Waals surface area contributed by atoms with Gasteiger partial charge in [0.25, 0.3) is 5.69 Å². The van der Waals surface area contributed by atoms with Gasteiger partial charge in [-0.3, -0.25) is 19.5 Å². The molecule has 0 radical (unpaired) electrons. The average molecular weight is 616 g/mol. The second kappa shape index (κ2) is 15.3. The van der Waals surface area contributed by atoms with E-state index in [1.54, 1.807) is 13.2 Å². The predicted octanol–water partition coefficient (Wildman–Crippen LogP) is 6.59. The summed E-state index contributed by atoms with van der Waals surface area (Å²) in [7, 11) is 1.59. The number of unbranched alkanes of at least 4 members (excludes halogenated alkanes) is 6. The fourth-order valence-corrected chi connectivity index (χ4v) is 5.29. The lowest BCUT2D eigenvalue weighted by Gasteiger charge is -2.12. The number of non-ortho nitro benzene ring substituents is 1. The molecule has 5 aromatic rings. The fraction of sp³-hybridized carbons (Fsp3) is 0.469. The van der Waals surface area contributed by atoms with Crippen molar-refractivity contribution < 1.29 is 14.4 Å². The molecule has 0 aliphatic heterocycles. The number of aryl methyl sites for hydroxylation is 2. The Bertz CT molecular complexity index is 1710. The van der Waals surface area contributed by atoms with Crippen LogP contribution in [-0.4, -0.2) is 51.6 Å². The molecule has 2 aromatic carbocycles. The van der Waals surface area contributed by atoms with E-state index < -0.39 is 4.92 Å². The van der Waals surface area contributed by atoms with Crippen LogP contribution >= 0.6 is 0 Å². The molecule has 13 nitrogen and oxygen atoms in total. The SMILES string of the molecule is CCCCCCn1cc(COc2ccc(-c3nc4cc([N+](=O)[O-])ccc4n3Cc3cn(CCCCCC)nn3)cc2OC)nn1. The molecule has 0 saturated heterocycles. The molecule has 45 heavy (non-hydrogen) atoms. The van der Waals surface area contributed by atoms with Gasteiger partial charge in [-0.15, -0.1) is 10.2 Å². The highest BCUT2D eigenvalue weighted by Gasteiger charge is 2.19. The number of methoxy groups -OCH3 is 1. The lowest BCUT2D eigenvalue weighted by atomic mass is 10.2. The third kappa shape index (κ3) is 8.02. The Labute approximate surface area is 262 Å². The van der Waals surface area contributed by atoms with Crippen molar-refractivity contribution in [3.63, 3.8) is 0 Å². The minimum Gasteiger partial charge on any atom is -0.493 e. The Morgan fingerprint density at radius 3 is 2.18 bits per heavy atom. The molecular formula is C32H41N9O4. The molecule has 238 valence electrons. The summed E-state index contributed by atoms with van der Waals surface area (Å²) in [6.45, 7) is 6.68. The van der Waals surface area contributed by atoms with Crippen molar-refractivity contribution in [2.45, 2.75) is 91.5 Å². The van der Waals surface area contributed by atoms with Crippen molar-refractivity contribution in [1.29, 1.82) is 0 Å². The van der Waals surface area contributed by atoms with E-state index in [1.165, 1.54) is 44.2 Å². The summed E-state index contributed by atoms with van der Waals surface area (Å²) < 4.78 is 17.5. The van der Waals surface area contributed by atoms with Gasteiger partial charge in [0.2, 0.25) is 0 Å². The zero-order chi connectivity index (χ0) is 31.6. The summed E-state index contributed by atoms with van der Waals surface area (Å²) in [4.78, 5) is 15.9. The summed E-state index contributed by atoms with van der Waals surface area (Å²) in [5.41, 5.74) is 3.53. The first kappa shape index (κ1) is 31.6. The zero-order valence-corrected chi connectivity index (χ0v) is 26.3. The highest BCUT2D eigenvalue weighted by molar-refractivity contribution is 5.83. The third-order valence-corrected chi connectivity index (χ3v) is 7.71. The van der Waals surface area contributed by atoms with E-state index in [9.17, 15) is 10.1 Å². The van der Waals surface area contributed by atoms with Crippen molar-refractivity contribution in [3.05, 3.63) is 70.3 Å². The maximum absolute atomic E-state index is 11.5. The molecule has 3 aromatic heterocycles. The Morgan fingerprint density at radius 1 is 0.822 bits per heavy atom. The van der Waals surface area contributed by atoms with E-state index in [0.717, 1.165) is 54.8 Å². The van der Waals surface area contributed by atoms with Crippen LogP contribution in [0.3, 0.4) is 0 Å². The van der Waals surface area contributed by atoms with Crippen LogP contribution in [0.15, 0.2) is 48.8 Å². The van der Waals surface area contributed by atoms with Gasteiger partial charge in [0.05, 0.1) is 42.0 Å². The van der Waals surface area contributed by atoms with Gasteiger partial charge < -0.3 is 14.0 Å². The monoisotopic (exact) mass is 615 g/mol. The molecule has 0 atom stereocenters. The standard InChI is InChI=1S/C32H41N9O4/c1-4-6-8-10-16-38-20-25(34-36-38)22-40-29-14-13-27(41(42)43)19-28(29)33-32(40)24-12-15-30(31(18-24)44-3)45-23-26-21-39(37-35-26)17-11-9-7-5-2/h12-15,18-21H,4-11,16-17,22-23H2,1-3H3. The second-order valence-electron chi connectivity index (χ2n) is 11.2. The highest BCUT2D eigenvalue weighted by Crippen LogP contribution is 2.35. The lowest BCUT2D eigenvalue weighted by molar-refractivity contribution is -0.384. The Kier molecular flexibility index (Phi) is 10.7. The van der Waals surface area contributed by atoms with Gasteiger partial charge >= 0.3 is 0 Å². The maximum atomic E-state index is 11.5. The molecule has 0 aliphatic rings. The average Bonchev–Trinajstić information content (AvgIpc) is 3.79. The summed E-state index contributed by atoms with van der Waals surface area (Å²) in [5.74, 6) is 1.71. The van der Waals surface area contributed by atoms with Crippen LogP contribution in [0.1, 0.15) is 76.6 Å². The van der Waals surface area contributed by atoms with E-state index in [-0.39, 0.29) is 12.3 Å². The van der Waals surface area contributed by atoms with Gasteiger partial charge in [-0.1, -0.05) is 62.8 Å². The number of nitrogens with zero attached hydrogens (tertiary/aromatic N) is 9. The first-order valence-corrected chi connectivity index (χ1v) is 15.7. The topological polar surface area (TPSA) is 141 Å². The molecule has 0 N–H and O–H groups in total. The first-order valence-electron chi connectivity index (χ1n) is 15.7. The van der Waals surface area contributed by atoms with Crippen molar-refractivity contribution in [1.82, 2.24) is 39.5 Å². The van der Waals surface area contributed by atoms with Crippen molar-refractivity contribution in [2.75, 3.05) is 7.11 Å². The number of benzene rings is 2. The molecule has 13 heteroatoms. The van der Waals surface area contributed by atoms with Crippen LogP contribution in [-0.2, 0) is 26.2 Å². The van der Waals surface area contributed by atoms with E-state index >= 15 is 0 Å². The predicted molar refractivity (Wildman–Crippen MR) is 170 cm³/mol. The summed E-state index contributed by atoms with van der Waals surface area (Å²) in [6.07, 6.45) is 13.1. The Hall–Kier alpha value is -4.81. The number of hydrogen-bond acceptors (Lipinski definition) is 9. The first-order chi connectivity index (χ1) is 22.0. The van der Waals surface area contributed by atoms with Gasteiger partial charge in [0.1, 0.15) is 23.8 Å².